The van der Waals surface area contributed by atoms with Gasteiger partial charge in [-0.1, -0.05) is 53.0 Å². The van der Waals surface area contributed by atoms with Gasteiger partial charge in [-0.25, -0.2) is 0 Å². The SMILES string of the molecule is Cc1cccc(CNC(=O)C2CC2C(=O)Nc2cc(Cl)ccc2Cl)c1. The van der Waals surface area contributed by atoms with Crippen LogP contribution >= 0.6 is 23.2 Å². The summed E-state index contributed by atoms with van der Waals surface area (Å²) in [7, 11) is 0. The molecule has 1 saturated carbocycles. The van der Waals surface area contributed by atoms with Crippen LogP contribution in [0.5, 0.6) is 0 Å². The smallest absolute Gasteiger partial charge is 0.228 e. The van der Waals surface area contributed by atoms with E-state index < -0.39 is 0 Å². The summed E-state index contributed by atoms with van der Waals surface area (Å²) in [6.45, 7) is 2.47. The highest BCUT2D eigenvalue weighted by atomic mass is 35.5. The van der Waals surface area contributed by atoms with E-state index in [0.717, 1.165) is 11.1 Å². The summed E-state index contributed by atoms with van der Waals surface area (Å²) in [5.74, 6) is -0.922. The number of carbonyl (C=O) groups excluding carboxylic acids is 2. The molecule has 4 nitrogen and oxygen atoms in total. The molecule has 2 unspecified atom stereocenters. The number of carbonyl (C=O) groups is 2. The Morgan fingerprint density at radius 2 is 1.84 bits per heavy atom. The van der Waals surface area contributed by atoms with E-state index in [9.17, 15) is 9.59 Å². The van der Waals surface area contributed by atoms with Crippen molar-refractivity contribution in [2.24, 2.45) is 11.8 Å². The van der Waals surface area contributed by atoms with Crippen LogP contribution < -0.4 is 10.6 Å². The second-order valence-electron chi connectivity index (χ2n) is 6.27. The minimum Gasteiger partial charge on any atom is -0.352 e. The zero-order valence-corrected chi connectivity index (χ0v) is 15.2. The lowest BCUT2D eigenvalue weighted by molar-refractivity contribution is -0.125. The van der Waals surface area contributed by atoms with Gasteiger partial charge in [0.05, 0.1) is 22.5 Å². The molecule has 0 heterocycles. The van der Waals surface area contributed by atoms with Crippen LogP contribution in [0.25, 0.3) is 0 Å². The standard InChI is InChI=1S/C19H18Cl2N2O2/c1-11-3-2-4-12(7-11)10-22-18(24)14-9-15(14)19(25)23-17-8-13(20)5-6-16(17)21/h2-8,14-15H,9-10H2,1H3,(H,22,24)(H,23,25). The molecule has 0 spiro atoms. The van der Waals surface area contributed by atoms with E-state index >= 15 is 0 Å². The molecule has 1 aliphatic rings. The maximum Gasteiger partial charge on any atom is 0.228 e. The molecule has 3 rings (SSSR count). The number of nitrogens with one attached hydrogen (secondary N) is 2. The summed E-state index contributed by atoms with van der Waals surface area (Å²) in [6, 6.07) is 12.8. The Labute approximate surface area is 156 Å². The van der Waals surface area contributed by atoms with Gasteiger partial charge in [0.1, 0.15) is 0 Å². The molecule has 1 fully saturated rings. The first-order chi connectivity index (χ1) is 11.9. The van der Waals surface area contributed by atoms with Crippen LogP contribution in [0, 0.1) is 18.8 Å². The fourth-order valence-electron chi connectivity index (χ4n) is 2.74. The Morgan fingerprint density at radius 1 is 1.08 bits per heavy atom. The van der Waals surface area contributed by atoms with Crippen molar-refractivity contribution in [2.75, 3.05) is 5.32 Å². The zero-order chi connectivity index (χ0) is 18.0. The third-order valence-electron chi connectivity index (χ3n) is 4.20. The largest absolute Gasteiger partial charge is 0.352 e. The number of halogens is 2. The van der Waals surface area contributed by atoms with Crippen LogP contribution in [0.2, 0.25) is 10.0 Å². The van der Waals surface area contributed by atoms with Gasteiger partial charge in [-0.3, -0.25) is 9.59 Å². The minimum atomic E-state index is -0.326. The van der Waals surface area contributed by atoms with Gasteiger partial charge in [0, 0.05) is 11.6 Å². The second-order valence-corrected chi connectivity index (χ2v) is 7.11. The van der Waals surface area contributed by atoms with E-state index in [1.54, 1.807) is 18.2 Å². The van der Waals surface area contributed by atoms with Gasteiger partial charge in [-0.05, 0) is 37.1 Å². The van der Waals surface area contributed by atoms with Crippen molar-refractivity contribution in [3.63, 3.8) is 0 Å². The number of rotatable bonds is 5. The van der Waals surface area contributed by atoms with Crippen LogP contribution in [0.15, 0.2) is 42.5 Å². The molecule has 2 amide bonds. The molecule has 0 radical (unpaired) electrons. The summed E-state index contributed by atoms with van der Waals surface area (Å²) in [6.07, 6.45) is 0.545. The van der Waals surface area contributed by atoms with Crippen LogP contribution in [-0.4, -0.2) is 11.8 Å². The average molecular weight is 377 g/mol. The van der Waals surface area contributed by atoms with Crippen molar-refractivity contribution in [3.8, 4) is 0 Å². The summed E-state index contributed by atoms with van der Waals surface area (Å²) >= 11 is 12.0. The topological polar surface area (TPSA) is 58.2 Å². The fourth-order valence-corrected chi connectivity index (χ4v) is 3.07. The first-order valence-corrected chi connectivity index (χ1v) is 8.79. The lowest BCUT2D eigenvalue weighted by Gasteiger charge is -2.08. The molecule has 0 aliphatic heterocycles. The number of benzene rings is 2. The Morgan fingerprint density at radius 3 is 2.60 bits per heavy atom. The summed E-state index contributed by atoms with van der Waals surface area (Å²) in [5, 5.41) is 6.54. The molecular weight excluding hydrogens is 359 g/mol. The minimum absolute atomic E-state index is 0.0983. The van der Waals surface area contributed by atoms with Crippen molar-refractivity contribution in [1.82, 2.24) is 5.32 Å². The van der Waals surface area contributed by atoms with Gasteiger partial charge in [-0.15, -0.1) is 0 Å². The predicted molar refractivity (Wildman–Crippen MR) is 99.7 cm³/mol. The zero-order valence-electron chi connectivity index (χ0n) is 13.7. The van der Waals surface area contributed by atoms with E-state index in [1.807, 2.05) is 31.2 Å². The first-order valence-electron chi connectivity index (χ1n) is 8.03. The van der Waals surface area contributed by atoms with E-state index in [0.29, 0.717) is 28.7 Å². The van der Waals surface area contributed by atoms with E-state index in [4.69, 9.17) is 23.2 Å². The third-order valence-corrected chi connectivity index (χ3v) is 4.76. The Balaban J connectivity index is 1.52. The number of hydrogen-bond donors (Lipinski definition) is 2. The van der Waals surface area contributed by atoms with Crippen molar-refractivity contribution in [3.05, 3.63) is 63.6 Å². The van der Waals surface area contributed by atoms with Gasteiger partial charge >= 0.3 is 0 Å². The molecule has 1 aliphatic carbocycles. The van der Waals surface area contributed by atoms with Crippen LogP contribution in [0.1, 0.15) is 17.5 Å². The average Bonchev–Trinajstić information content (AvgIpc) is 3.37. The maximum absolute atomic E-state index is 12.3. The van der Waals surface area contributed by atoms with Gasteiger partial charge in [0.25, 0.3) is 0 Å². The Bertz CT molecular complexity index is 823. The molecular formula is C19H18Cl2N2O2. The summed E-state index contributed by atoms with van der Waals surface area (Å²) in [4.78, 5) is 24.5. The highest BCUT2D eigenvalue weighted by Crippen LogP contribution is 2.40. The summed E-state index contributed by atoms with van der Waals surface area (Å²) < 4.78 is 0. The van der Waals surface area contributed by atoms with E-state index in [1.165, 1.54) is 0 Å². The fraction of sp³-hybridized carbons (Fsp3) is 0.263. The number of anilines is 1. The molecule has 2 aromatic rings. The lowest BCUT2D eigenvalue weighted by atomic mass is 10.1. The molecule has 2 aromatic carbocycles. The lowest BCUT2D eigenvalue weighted by Crippen LogP contribution is -2.27. The molecule has 6 heteroatoms. The molecule has 0 saturated heterocycles. The summed E-state index contributed by atoms with van der Waals surface area (Å²) in [5.41, 5.74) is 2.65. The van der Waals surface area contributed by atoms with E-state index in [2.05, 4.69) is 10.6 Å². The normalized spacial score (nSPS) is 18.5. The van der Waals surface area contributed by atoms with Crippen molar-refractivity contribution in [1.29, 1.82) is 0 Å². The van der Waals surface area contributed by atoms with Crippen molar-refractivity contribution >= 4 is 40.7 Å². The number of amides is 2. The second kappa shape index (κ2) is 7.46. The van der Waals surface area contributed by atoms with Crippen LogP contribution in [0.4, 0.5) is 5.69 Å². The van der Waals surface area contributed by atoms with Crippen molar-refractivity contribution < 1.29 is 9.59 Å². The van der Waals surface area contributed by atoms with E-state index in [-0.39, 0.29) is 23.7 Å². The predicted octanol–water partition coefficient (Wildman–Crippen LogP) is 4.19. The monoisotopic (exact) mass is 376 g/mol. The maximum atomic E-state index is 12.3. The molecule has 2 atom stereocenters. The van der Waals surface area contributed by atoms with Gasteiger partial charge in [0.15, 0.2) is 0 Å². The van der Waals surface area contributed by atoms with Gasteiger partial charge in [-0.2, -0.15) is 0 Å². The Kier molecular flexibility index (Phi) is 5.30. The van der Waals surface area contributed by atoms with Gasteiger partial charge < -0.3 is 10.6 Å². The third kappa shape index (κ3) is 4.53. The number of aryl methyl sites for hydroxylation is 1. The molecule has 0 bridgehead atoms. The molecule has 2 N–H and O–H groups in total. The Hall–Kier alpha value is -2.04. The molecule has 25 heavy (non-hydrogen) atoms. The van der Waals surface area contributed by atoms with Crippen LogP contribution in [-0.2, 0) is 16.1 Å². The highest BCUT2D eigenvalue weighted by molar-refractivity contribution is 6.35. The quantitative estimate of drug-likeness (QED) is 0.821. The number of hydrogen-bond acceptors (Lipinski definition) is 2. The van der Waals surface area contributed by atoms with Gasteiger partial charge in [0.2, 0.25) is 11.8 Å². The first kappa shape index (κ1) is 17.8. The molecule has 0 aromatic heterocycles. The molecule has 130 valence electrons. The van der Waals surface area contributed by atoms with Crippen molar-refractivity contribution in [2.45, 2.75) is 19.9 Å². The highest BCUT2D eigenvalue weighted by Gasteiger charge is 2.48. The van der Waals surface area contributed by atoms with Crippen LogP contribution in [0.3, 0.4) is 0 Å².